The molecule has 0 amide bonds. The summed E-state index contributed by atoms with van der Waals surface area (Å²) in [5.74, 6) is -0.708. The average Bonchev–Trinajstić information content (AvgIpc) is 2.98. The normalized spacial score (nSPS) is 24.2. The Kier molecular flexibility index (Phi) is 3.00. The van der Waals surface area contributed by atoms with E-state index in [1.165, 1.54) is 12.1 Å². The van der Waals surface area contributed by atoms with Crippen molar-refractivity contribution in [2.24, 2.45) is 0 Å². The van der Waals surface area contributed by atoms with E-state index in [0.717, 1.165) is 18.9 Å². The van der Waals surface area contributed by atoms with Crippen molar-refractivity contribution in [2.75, 3.05) is 0 Å². The first-order valence-electron chi connectivity index (χ1n) is 5.30. The van der Waals surface area contributed by atoms with E-state index in [9.17, 15) is 8.78 Å². The molecule has 82 valence electrons. The molecule has 0 bridgehead atoms. The van der Waals surface area contributed by atoms with Gasteiger partial charge in [0.05, 0.1) is 12.2 Å². The number of benzene rings is 1. The topological polar surface area (TPSA) is 12.5 Å². The van der Waals surface area contributed by atoms with Crippen LogP contribution in [-0.4, -0.2) is 12.2 Å². The molecular weight excluding hydrogens is 198 g/mol. The van der Waals surface area contributed by atoms with Gasteiger partial charge in [-0.1, -0.05) is 6.92 Å². The maximum atomic E-state index is 13.2. The smallest absolute Gasteiger partial charge is 0.126 e. The van der Waals surface area contributed by atoms with Gasteiger partial charge >= 0.3 is 0 Å². The van der Waals surface area contributed by atoms with Gasteiger partial charge in [0, 0.05) is 0 Å². The summed E-state index contributed by atoms with van der Waals surface area (Å²) in [5, 5.41) is 0. The lowest BCUT2D eigenvalue weighted by molar-refractivity contribution is 0.359. The molecule has 0 spiro atoms. The lowest BCUT2D eigenvalue weighted by Crippen LogP contribution is -1.98. The van der Waals surface area contributed by atoms with Crippen LogP contribution in [0.5, 0.6) is 0 Å². The van der Waals surface area contributed by atoms with Crippen molar-refractivity contribution >= 4 is 0 Å². The van der Waals surface area contributed by atoms with Gasteiger partial charge in [0.25, 0.3) is 0 Å². The molecule has 1 aliphatic rings. The molecule has 3 heteroatoms. The molecule has 1 nitrogen and oxygen atoms in total. The number of epoxide rings is 1. The Morgan fingerprint density at radius 3 is 2.73 bits per heavy atom. The van der Waals surface area contributed by atoms with Gasteiger partial charge in [-0.05, 0) is 43.0 Å². The van der Waals surface area contributed by atoms with E-state index in [4.69, 9.17) is 4.74 Å². The van der Waals surface area contributed by atoms with Gasteiger partial charge in [0.1, 0.15) is 11.6 Å². The molecule has 1 aromatic carbocycles. The Balaban J connectivity index is 1.91. The predicted octanol–water partition coefficient (Wildman–Crippen LogP) is 3.07. The Labute approximate surface area is 88.1 Å². The zero-order valence-electron chi connectivity index (χ0n) is 8.67. The molecule has 1 aliphatic heterocycles. The van der Waals surface area contributed by atoms with Crippen LogP contribution < -0.4 is 0 Å². The van der Waals surface area contributed by atoms with Crippen molar-refractivity contribution in [1.82, 2.24) is 0 Å². The number of ether oxygens (including phenoxy) is 1. The van der Waals surface area contributed by atoms with E-state index in [2.05, 4.69) is 6.92 Å². The van der Waals surface area contributed by atoms with Crippen LogP contribution in [0.4, 0.5) is 8.78 Å². The number of halogens is 2. The first kappa shape index (κ1) is 10.6. The largest absolute Gasteiger partial charge is 0.370 e. The number of hydrogen-bond donors (Lipinski definition) is 0. The molecular formula is C12H14F2O. The Hall–Kier alpha value is -0.960. The number of rotatable bonds is 4. The van der Waals surface area contributed by atoms with Gasteiger partial charge in [-0.25, -0.2) is 8.78 Å². The Morgan fingerprint density at radius 2 is 2.07 bits per heavy atom. The van der Waals surface area contributed by atoms with E-state index >= 15 is 0 Å². The maximum Gasteiger partial charge on any atom is 0.126 e. The first-order chi connectivity index (χ1) is 7.20. The monoisotopic (exact) mass is 212 g/mol. The minimum absolute atomic E-state index is 0.248. The quantitative estimate of drug-likeness (QED) is 0.699. The summed E-state index contributed by atoms with van der Waals surface area (Å²) in [4.78, 5) is 0. The Bertz CT molecular complexity index is 351. The van der Waals surface area contributed by atoms with Crippen LogP contribution in [0.3, 0.4) is 0 Å². The minimum Gasteiger partial charge on any atom is -0.370 e. The van der Waals surface area contributed by atoms with Crippen molar-refractivity contribution in [3.05, 3.63) is 35.4 Å². The van der Waals surface area contributed by atoms with Gasteiger partial charge in [-0.15, -0.1) is 0 Å². The van der Waals surface area contributed by atoms with E-state index in [-0.39, 0.29) is 17.7 Å². The molecule has 2 atom stereocenters. The van der Waals surface area contributed by atoms with Crippen LogP contribution in [0.25, 0.3) is 0 Å². The number of hydrogen-bond acceptors (Lipinski definition) is 1. The molecule has 1 saturated heterocycles. The molecule has 2 unspecified atom stereocenters. The third-order valence-corrected chi connectivity index (χ3v) is 2.80. The Morgan fingerprint density at radius 1 is 1.27 bits per heavy atom. The van der Waals surface area contributed by atoms with Gasteiger partial charge in [-0.2, -0.15) is 0 Å². The first-order valence-corrected chi connectivity index (χ1v) is 5.30. The summed E-state index contributed by atoms with van der Waals surface area (Å²) in [6.07, 6.45) is 2.90. The van der Waals surface area contributed by atoms with Gasteiger partial charge in [0.15, 0.2) is 0 Å². The van der Waals surface area contributed by atoms with Crippen LogP contribution in [0.15, 0.2) is 18.2 Å². The third kappa shape index (κ3) is 2.53. The fourth-order valence-electron chi connectivity index (χ4n) is 1.82. The molecule has 0 radical (unpaired) electrons. The second kappa shape index (κ2) is 4.27. The average molecular weight is 212 g/mol. The lowest BCUT2D eigenvalue weighted by atomic mass is 10.1. The molecule has 15 heavy (non-hydrogen) atoms. The molecule has 0 N–H and O–H groups in total. The fraction of sp³-hybridized carbons (Fsp3) is 0.500. The zero-order chi connectivity index (χ0) is 10.8. The molecule has 1 heterocycles. The zero-order valence-corrected chi connectivity index (χ0v) is 8.67. The highest BCUT2D eigenvalue weighted by Gasteiger charge is 2.36. The minimum atomic E-state index is -0.379. The highest BCUT2D eigenvalue weighted by molar-refractivity contribution is 5.19. The predicted molar refractivity (Wildman–Crippen MR) is 53.6 cm³/mol. The summed E-state index contributed by atoms with van der Waals surface area (Å²) in [5.41, 5.74) is 0.445. The summed E-state index contributed by atoms with van der Waals surface area (Å²) in [7, 11) is 0. The van der Waals surface area contributed by atoms with E-state index in [1.54, 1.807) is 0 Å². The molecule has 0 saturated carbocycles. The second-order valence-corrected chi connectivity index (χ2v) is 3.90. The van der Waals surface area contributed by atoms with E-state index < -0.39 is 0 Å². The van der Waals surface area contributed by atoms with E-state index in [1.807, 2.05) is 0 Å². The van der Waals surface area contributed by atoms with Gasteiger partial charge in [0.2, 0.25) is 0 Å². The van der Waals surface area contributed by atoms with Crippen molar-refractivity contribution in [3.63, 3.8) is 0 Å². The second-order valence-electron chi connectivity index (χ2n) is 3.90. The molecule has 0 aliphatic carbocycles. The van der Waals surface area contributed by atoms with Crippen LogP contribution in [-0.2, 0) is 11.2 Å². The molecule has 2 rings (SSSR count). The van der Waals surface area contributed by atoms with Crippen molar-refractivity contribution in [1.29, 1.82) is 0 Å². The fourth-order valence-corrected chi connectivity index (χ4v) is 1.82. The summed E-state index contributed by atoms with van der Waals surface area (Å²) >= 11 is 0. The van der Waals surface area contributed by atoms with Crippen LogP contribution >= 0.6 is 0 Å². The summed E-state index contributed by atoms with van der Waals surface area (Å²) in [6, 6.07) is 3.58. The lowest BCUT2D eigenvalue weighted by Gasteiger charge is -2.01. The SMILES string of the molecule is CCC1OC1CCc1cc(F)ccc1F. The standard InChI is InChI=1S/C12H14F2O/c1-2-11-12(15-11)6-3-8-7-9(13)4-5-10(8)14/h4-5,7,11-12H,2-3,6H2,1H3. The van der Waals surface area contributed by atoms with Crippen LogP contribution in [0.2, 0.25) is 0 Å². The highest BCUT2D eigenvalue weighted by atomic mass is 19.1. The maximum absolute atomic E-state index is 13.2. The summed E-state index contributed by atoms with van der Waals surface area (Å²) < 4.78 is 31.4. The van der Waals surface area contributed by atoms with Crippen molar-refractivity contribution < 1.29 is 13.5 Å². The van der Waals surface area contributed by atoms with E-state index in [0.29, 0.717) is 18.1 Å². The van der Waals surface area contributed by atoms with Gasteiger partial charge in [-0.3, -0.25) is 0 Å². The van der Waals surface area contributed by atoms with Crippen LogP contribution in [0.1, 0.15) is 25.3 Å². The number of aryl methyl sites for hydroxylation is 1. The molecule has 1 fully saturated rings. The summed E-state index contributed by atoms with van der Waals surface area (Å²) in [6.45, 7) is 2.06. The van der Waals surface area contributed by atoms with Gasteiger partial charge < -0.3 is 4.74 Å². The molecule has 0 aromatic heterocycles. The van der Waals surface area contributed by atoms with Crippen molar-refractivity contribution in [2.45, 2.75) is 38.4 Å². The van der Waals surface area contributed by atoms with Crippen molar-refractivity contribution in [3.8, 4) is 0 Å². The third-order valence-electron chi connectivity index (χ3n) is 2.80. The van der Waals surface area contributed by atoms with Crippen LogP contribution in [0, 0.1) is 11.6 Å². The highest BCUT2D eigenvalue weighted by Crippen LogP contribution is 2.29. The molecule has 1 aromatic rings.